The van der Waals surface area contributed by atoms with E-state index in [2.05, 4.69) is 10.3 Å². The van der Waals surface area contributed by atoms with Crippen LogP contribution in [0.4, 0.5) is 0 Å². The van der Waals surface area contributed by atoms with Gasteiger partial charge in [0, 0.05) is 25.2 Å². The minimum absolute atomic E-state index is 0.0622. The molecule has 29 heavy (non-hydrogen) atoms. The first-order valence-electron chi connectivity index (χ1n) is 9.64. The number of morpholine rings is 1. The molecule has 10 heteroatoms. The monoisotopic (exact) mass is 440 g/mol. The Kier molecular flexibility index (Phi) is 6.57. The summed E-state index contributed by atoms with van der Waals surface area (Å²) in [5, 5.41) is 3.64. The number of rotatable bonds is 6. The Balaban J connectivity index is 1.85. The van der Waals surface area contributed by atoms with Crippen LogP contribution in [0.15, 0.2) is 28.3 Å². The minimum Gasteiger partial charge on any atom is -0.379 e. The van der Waals surface area contributed by atoms with Crippen LogP contribution >= 0.6 is 11.8 Å². The number of imidazole rings is 1. The summed E-state index contributed by atoms with van der Waals surface area (Å²) in [6, 6.07) is 5.03. The van der Waals surface area contributed by atoms with Gasteiger partial charge >= 0.3 is 0 Å². The maximum absolute atomic E-state index is 12.9. The lowest BCUT2D eigenvalue weighted by atomic mass is 10.1. The van der Waals surface area contributed by atoms with E-state index < -0.39 is 10.0 Å². The molecule has 0 atom stereocenters. The molecule has 0 aliphatic carbocycles. The fourth-order valence-electron chi connectivity index (χ4n) is 3.18. The van der Waals surface area contributed by atoms with E-state index in [9.17, 15) is 13.2 Å². The number of amides is 1. The molecule has 0 spiro atoms. The van der Waals surface area contributed by atoms with Crippen LogP contribution in [0.3, 0.4) is 0 Å². The van der Waals surface area contributed by atoms with E-state index in [1.165, 1.54) is 16.1 Å². The second-order valence-electron chi connectivity index (χ2n) is 7.89. The van der Waals surface area contributed by atoms with Crippen LogP contribution in [0.2, 0.25) is 0 Å². The third kappa shape index (κ3) is 5.11. The van der Waals surface area contributed by atoms with E-state index in [0.29, 0.717) is 43.5 Å². The average molecular weight is 441 g/mol. The SMILES string of the molecule is CCn1c(SCC(=O)NC(C)(C)C)nc2cc(S(=O)(=O)N3CCOCC3)ccc21. The van der Waals surface area contributed by atoms with Crippen molar-refractivity contribution in [2.75, 3.05) is 32.1 Å². The summed E-state index contributed by atoms with van der Waals surface area (Å²) < 4.78 is 34.5. The average Bonchev–Trinajstić information content (AvgIpc) is 3.02. The number of carbonyl (C=O) groups excluding carboxylic acids is 1. The van der Waals surface area contributed by atoms with E-state index in [1.54, 1.807) is 18.2 Å². The largest absolute Gasteiger partial charge is 0.379 e. The fraction of sp³-hybridized carbons (Fsp3) is 0.579. The van der Waals surface area contributed by atoms with Crippen LogP contribution in [-0.2, 0) is 26.1 Å². The van der Waals surface area contributed by atoms with Gasteiger partial charge in [0.15, 0.2) is 5.16 Å². The molecular weight excluding hydrogens is 412 g/mol. The Hall–Kier alpha value is -1.62. The van der Waals surface area contributed by atoms with Gasteiger partial charge in [0.05, 0.1) is 34.9 Å². The molecule has 8 nitrogen and oxygen atoms in total. The van der Waals surface area contributed by atoms with Crippen molar-refractivity contribution in [3.05, 3.63) is 18.2 Å². The smallest absolute Gasteiger partial charge is 0.243 e. The molecule has 1 fully saturated rings. The molecule has 3 rings (SSSR count). The van der Waals surface area contributed by atoms with E-state index >= 15 is 0 Å². The number of nitrogens with one attached hydrogen (secondary N) is 1. The Bertz CT molecular complexity index is 990. The number of aromatic nitrogens is 2. The second kappa shape index (κ2) is 8.63. The Morgan fingerprint density at radius 2 is 1.97 bits per heavy atom. The van der Waals surface area contributed by atoms with Gasteiger partial charge < -0.3 is 14.6 Å². The van der Waals surface area contributed by atoms with Crippen molar-refractivity contribution in [3.8, 4) is 0 Å². The van der Waals surface area contributed by atoms with Gasteiger partial charge in [-0.1, -0.05) is 11.8 Å². The summed E-state index contributed by atoms with van der Waals surface area (Å²) in [4.78, 5) is 17.0. The number of hydrogen-bond donors (Lipinski definition) is 1. The second-order valence-corrected chi connectivity index (χ2v) is 10.8. The molecule has 160 valence electrons. The zero-order valence-corrected chi connectivity index (χ0v) is 18.9. The zero-order chi connectivity index (χ0) is 21.2. The molecule has 2 heterocycles. The molecule has 0 unspecified atom stereocenters. The molecule has 1 aliphatic rings. The summed E-state index contributed by atoms with van der Waals surface area (Å²) >= 11 is 1.35. The lowest BCUT2D eigenvalue weighted by molar-refractivity contribution is -0.119. The highest BCUT2D eigenvalue weighted by Gasteiger charge is 2.27. The normalized spacial score (nSPS) is 16.3. The highest BCUT2D eigenvalue weighted by molar-refractivity contribution is 7.99. The zero-order valence-electron chi connectivity index (χ0n) is 17.3. The van der Waals surface area contributed by atoms with Crippen molar-refractivity contribution >= 4 is 38.7 Å². The van der Waals surface area contributed by atoms with E-state index in [4.69, 9.17) is 4.74 Å². The summed E-state index contributed by atoms with van der Waals surface area (Å²) in [7, 11) is -3.58. The van der Waals surface area contributed by atoms with Crippen LogP contribution in [-0.4, -0.2) is 65.8 Å². The van der Waals surface area contributed by atoms with Crippen molar-refractivity contribution in [2.24, 2.45) is 0 Å². The van der Waals surface area contributed by atoms with Crippen molar-refractivity contribution < 1.29 is 17.9 Å². The lowest BCUT2D eigenvalue weighted by Gasteiger charge is -2.26. The van der Waals surface area contributed by atoms with Crippen LogP contribution in [0.25, 0.3) is 11.0 Å². The van der Waals surface area contributed by atoms with Gasteiger partial charge in [-0.25, -0.2) is 13.4 Å². The predicted molar refractivity (Wildman–Crippen MR) is 114 cm³/mol. The summed E-state index contributed by atoms with van der Waals surface area (Å²) in [6.45, 7) is 10.0. The van der Waals surface area contributed by atoms with Crippen LogP contribution in [0, 0.1) is 0 Å². The number of hydrogen-bond acceptors (Lipinski definition) is 6. The van der Waals surface area contributed by atoms with Crippen molar-refractivity contribution in [3.63, 3.8) is 0 Å². The summed E-state index contributed by atoms with van der Waals surface area (Å²) in [5.74, 6) is 0.187. The molecule has 1 amide bonds. The molecule has 0 radical (unpaired) electrons. The van der Waals surface area contributed by atoms with Crippen molar-refractivity contribution in [1.29, 1.82) is 0 Å². The number of fused-ring (bicyclic) bond motifs is 1. The van der Waals surface area contributed by atoms with Gasteiger partial charge in [0.25, 0.3) is 0 Å². The third-order valence-electron chi connectivity index (χ3n) is 4.46. The highest BCUT2D eigenvalue weighted by atomic mass is 32.2. The lowest BCUT2D eigenvalue weighted by Crippen LogP contribution is -2.41. The quantitative estimate of drug-likeness (QED) is 0.692. The first-order valence-corrected chi connectivity index (χ1v) is 12.1. The van der Waals surface area contributed by atoms with Crippen LogP contribution < -0.4 is 5.32 Å². The molecule has 0 bridgehead atoms. The molecular formula is C19H28N4O4S2. The van der Waals surface area contributed by atoms with Gasteiger partial charge in [-0.15, -0.1) is 0 Å². The number of sulfonamides is 1. The van der Waals surface area contributed by atoms with E-state index in [0.717, 1.165) is 5.52 Å². The maximum Gasteiger partial charge on any atom is 0.243 e. The van der Waals surface area contributed by atoms with Crippen LogP contribution in [0.5, 0.6) is 0 Å². The number of benzene rings is 1. The highest BCUT2D eigenvalue weighted by Crippen LogP contribution is 2.27. The van der Waals surface area contributed by atoms with Gasteiger partial charge in [0.2, 0.25) is 15.9 Å². The number of ether oxygens (including phenoxy) is 1. The number of thioether (sulfide) groups is 1. The molecule has 1 aromatic heterocycles. The number of nitrogens with zero attached hydrogens (tertiary/aromatic N) is 3. The van der Waals surface area contributed by atoms with E-state index in [-0.39, 0.29) is 22.1 Å². The maximum atomic E-state index is 12.9. The van der Waals surface area contributed by atoms with E-state index in [1.807, 2.05) is 32.3 Å². The minimum atomic E-state index is -3.58. The van der Waals surface area contributed by atoms with Gasteiger partial charge in [-0.05, 0) is 45.9 Å². The van der Waals surface area contributed by atoms with Gasteiger partial charge in [0.1, 0.15) is 0 Å². The van der Waals surface area contributed by atoms with Crippen LogP contribution in [0.1, 0.15) is 27.7 Å². The molecule has 1 saturated heterocycles. The number of carbonyl (C=O) groups is 1. The third-order valence-corrected chi connectivity index (χ3v) is 7.33. The first-order chi connectivity index (χ1) is 13.6. The Morgan fingerprint density at radius 1 is 1.28 bits per heavy atom. The number of aryl methyl sites for hydroxylation is 1. The topological polar surface area (TPSA) is 93.5 Å². The molecule has 1 aliphatic heterocycles. The summed E-state index contributed by atoms with van der Waals surface area (Å²) in [5.41, 5.74) is 1.18. The van der Waals surface area contributed by atoms with Crippen molar-refractivity contribution in [2.45, 2.75) is 49.8 Å². The van der Waals surface area contributed by atoms with Crippen molar-refractivity contribution in [1.82, 2.24) is 19.2 Å². The molecule has 2 aromatic rings. The molecule has 0 saturated carbocycles. The predicted octanol–water partition coefficient (Wildman–Crippen LogP) is 2.08. The Morgan fingerprint density at radius 3 is 2.59 bits per heavy atom. The Labute approximate surface area is 176 Å². The molecule has 1 aromatic carbocycles. The van der Waals surface area contributed by atoms with Gasteiger partial charge in [-0.2, -0.15) is 4.31 Å². The molecule has 1 N–H and O–H groups in total. The standard InChI is InChI=1S/C19H28N4O4S2/c1-5-23-16-7-6-14(29(25,26)22-8-10-27-11-9-22)12-15(16)20-18(23)28-13-17(24)21-19(2,3)4/h6-7,12H,5,8-11,13H2,1-4H3,(H,21,24). The summed E-state index contributed by atoms with van der Waals surface area (Å²) in [6.07, 6.45) is 0. The first kappa shape index (κ1) is 22.1. The fourth-order valence-corrected chi connectivity index (χ4v) is 5.49. The van der Waals surface area contributed by atoms with Gasteiger partial charge in [-0.3, -0.25) is 4.79 Å².